The Bertz CT molecular complexity index is 1430. The summed E-state index contributed by atoms with van der Waals surface area (Å²) < 4.78 is 11.1. The molecule has 0 radical (unpaired) electrons. The number of carbonyl (C=O) groups is 1. The number of aliphatic hydroxyl groups is 7. The van der Waals surface area contributed by atoms with E-state index in [1.165, 1.54) is 186 Å². The standard InChI is InChI=1S/C66H121NO10/c1-3-5-7-9-11-13-15-17-19-21-23-24-25-26-27-28-29-30-31-32-33-34-35-36-38-40-42-44-46-48-50-52-54-59(70)65(75)67-57(56-76-66-64(74)63(73)62(72)60(55-68)77-66)61(71)58(69)53-51-49-47-45-43-41-39-37-22-20-18-16-14-12-10-8-6-4-2/h16,18,23-24,26-27,37,39,45,47,57-64,66,68-74H,3-15,17,19-22,25,28-36,38,40-44,46,48-56H2,1-2H3,(H,67,75)/b18-16+,24-23-,27-26-,39-37+,47-45+. The van der Waals surface area contributed by atoms with Gasteiger partial charge < -0.3 is 50.5 Å². The molecule has 1 aliphatic heterocycles. The van der Waals surface area contributed by atoms with Crippen LogP contribution < -0.4 is 5.32 Å². The molecule has 1 heterocycles. The molecule has 1 rings (SSSR count). The van der Waals surface area contributed by atoms with E-state index < -0.39 is 74.2 Å². The Labute approximate surface area is 472 Å². The summed E-state index contributed by atoms with van der Waals surface area (Å²) in [5, 5.41) is 76.2. The predicted octanol–water partition coefficient (Wildman–Crippen LogP) is 14.6. The van der Waals surface area contributed by atoms with Gasteiger partial charge in [0, 0.05) is 0 Å². The lowest BCUT2D eigenvalue weighted by Gasteiger charge is -2.40. The smallest absolute Gasteiger partial charge is 0.249 e. The van der Waals surface area contributed by atoms with Gasteiger partial charge >= 0.3 is 0 Å². The van der Waals surface area contributed by atoms with Crippen molar-refractivity contribution in [2.75, 3.05) is 13.2 Å². The number of hydrogen-bond donors (Lipinski definition) is 8. The normalized spacial score (nSPS) is 19.9. The fraction of sp³-hybridized carbons (Fsp3) is 0.833. The number of hydrogen-bond acceptors (Lipinski definition) is 10. The summed E-state index contributed by atoms with van der Waals surface area (Å²) in [4.78, 5) is 13.2. The molecule has 0 spiro atoms. The van der Waals surface area contributed by atoms with Gasteiger partial charge in [0.15, 0.2) is 6.29 Å². The summed E-state index contributed by atoms with van der Waals surface area (Å²) >= 11 is 0. The van der Waals surface area contributed by atoms with E-state index in [1.54, 1.807) is 0 Å². The van der Waals surface area contributed by atoms with Crippen molar-refractivity contribution in [1.29, 1.82) is 0 Å². The van der Waals surface area contributed by atoms with Crippen LogP contribution in [0, 0.1) is 0 Å². The maximum Gasteiger partial charge on any atom is 0.249 e. The van der Waals surface area contributed by atoms with Crippen molar-refractivity contribution in [2.24, 2.45) is 0 Å². The highest BCUT2D eigenvalue weighted by atomic mass is 16.7. The molecule has 1 amide bonds. The molecule has 0 saturated carbocycles. The summed E-state index contributed by atoms with van der Waals surface area (Å²) in [5.41, 5.74) is 0. The lowest BCUT2D eigenvalue weighted by molar-refractivity contribution is -0.303. The summed E-state index contributed by atoms with van der Waals surface area (Å²) in [6.45, 7) is 3.44. The van der Waals surface area contributed by atoms with Crippen molar-refractivity contribution in [3.8, 4) is 0 Å². The van der Waals surface area contributed by atoms with E-state index in [1.807, 2.05) is 0 Å². The topological polar surface area (TPSA) is 189 Å². The van der Waals surface area contributed by atoms with Gasteiger partial charge in [-0.3, -0.25) is 4.79 Å². The van der Waals surface area contributed by atoms with Crippen molar-refractivity contribution < 1.29 is 50.0 Å². The van der Waals surface area contributed by atoms with Crippen LogP contribution in [0.4, 0.5) is 0 Å². The van der Waals surface area contributed by atoms with Crippen molar-refractivity contribution in [2.45, 2.75) is 339 Å². The Kier molecular flexibility index (Phi) is 51.4. The Balaban J connectivity index is 2.23. The fourth-order valence-corrected chi connectivity index (χ4v) is 10.0. The van der Waals surface area contributed by atoms with Crippen LogP contribution in [0.25, 0.3) is 0 Å². The second-order valence-corrected chi connectivity index (χ2v) is 22.5. The number of unbranched alkanes of at least 4 members (excludes halogenated alkanes) is 33. The molecule has 0 aliphatic carbocycles. The first-order valence-electron chi connectivity index (χ1n) is 32.2. The minimum Gasteiger partial charge on any atom is -0.394 e. The first-order valence-corrected chi connectivity index (χ1v) is 32.2. The highest BCUT2D eigenvalue weighted by molar-refractivity contribution is 5.80. The van der Waals surface area contributed by atoms with E-state index in [-0.39, 0.29) is 12.8 Å². The highest BCUT2D eigenvalue weighted by Crippen LogP contribution is 2.23. The molecule has 11 heteroatoms. The second-order valence-electron chi connectivity index (χ2n) is 22.5. The lowest BCUT2D eigenvalue weighted by Crippen LogP contribution is -2.60. The number of amides is 1. The van der Waals surface area contributed by atoms with Crippen LogP contribution >= 0.6 is 0 Å². The summed E-state index contributed by atoms with van der Waals surface area (Å²) in [6.07, 6.45) is 60.1. The van der Waals surface area contributed by atoms with Crippen LogP contribution in [-0.2, 0) is 14.3 Å². The Hall–Kier alpha value is -2.19. The van der Waals surface area contributed by atoms with E-state index in [0.29, 0.717) is 19.3 Å². The zero-order chi connectivity index (χ0) is 56.1. The average molecular weight is 1090 g/mol. The Morgan fingerprint density at radius 2 is 0.818 bits per heavy atom. The third-order valence-electron chi connectivity index (χ3n) is 15.2. The SMILES string of the molecule is CCCCCCC/C=C/CC/C=C/CC/C=C/CCCC(O)C(O)C(COC1OC(CO)C(O)C(O)C1O)NC(=O)C(O)CCCCCCCCCCCCCCCCCC/C=C\C/C=C\CCCCCCCCCCC. The molecule has 8 N–H and O–H groups in total. The highest BCUT2D eigenvalue weighted by Gasteiger charge is 2.44. The molecular formula is C66H121NO10. The van der Waals surface area contributed by atoms with Crippen LogP contribution in [0.3, 0.4) is 0 Å². The van der Waals surface area contributed by atoms with Crippen molar-refractivity contribution in [1.82, 2.24) is 5.32 Å². The molecule has 11 nitrogen and oxygen atoms in total. The first kappa shape index (κ1) is 72.8. The molecule has 9 atom stereocenters. The molecule has 0 aromatic heterocycles. The van der Waals surface area contributed by atoms with E-state index in [9.17, 15) is 40.5 Å². The molecule has 0 aromatic carbocycles. The molecule has 450 valence electrons. The molecule has 1 fully saturated rings. The Morgan fingerprint density at radius 3 is 1.23 bits per heavy atom. The van der Waals surface area contributed by atoms with Crippen LogP contribution in [0.5, 0.6) is 0 Å². The minimum atomic E-state index is -1.67. The lowest BCUT2D eigenvalue weighted by atomic mass is 9.98. The monoisotopic (exact) mass is 1090 g/mol. The quantitative estimate of drug-likeness (QED) is 0.0215. The Morgan fingerprint density at radius 1 is 0.455 bits per heavy atom. The second kappa shape index (κ2) is 54.4. The largest absolute Gasteiger partial charge is 0.394 e. The van der Waals surface area contributed by atoms with E-state index in [4.69, 9.17) is 9.47 Å². The van der Waals surface area contributed by atoms with Crippen LogP contribution in [0.2, 0.25) is 0 Å². The van der Waals surface area contributed by atoms with Gasteiger partial charge in [-0.05, 0) is 96.3 Å². The summed E-state index contributed by atoms with van der Waals surface area (Å²) in [6, 6.07) is -1.20. The summed E-state index contributed by atoms with van der Waals surface area (Å²) in [7, 11) is 0. The molecule has 9 unspecified atom stereocenters. The third kappa shape index (κ3) is 42.3. The van der Waals surface area contributed by atoms with Gasteiger partial charge in [0.2, 0.25) is 5.91 Å². The van der Waals surface area contributed by atoms with Gasteiger partial charge in [-0.15, -0.1) is 0 Å². The van der Waals surface area contributed by atoms with Crippen LogP contribution in [-0.4, -0.2) is 110 Å². The first-order chi connectivity index (χ1) is 37.7. The van der Waals surface area contributed by atoms with Gasteiger partial charge in [0.1, 0.15) is 36.6 Å². The molecule has 0 bridgehead atoms. The third-order valence-corrected chi connectivity index (χ3v) is 15.2. The number of ether oxygens (including phenoxy) is 2. The predicted molar refractivity (Wildman–Crippen MR) is 321 cm³/mol. The van der Waals surface area contributed by atoms with E-state index in [0.717, 1.165) is 51.4 Å². The van der Waals surface area contributed by atoms with E-state index >= 15 is 0 Å². The zero-order valence-electron chi connectivity index (χ0n) is 49.4. The number of allylic oxidation sites excluding steroid dienone is 10. The van der Waals surface area contributed by atoms with Crippen molar-refractivity contribution in [3.05, 3.63) is 60.8 Å². The number of nitrogens with one attached hydrogen (secondary N) is 1. The number of rotatable bonds is 55. The molecular weight excluding hydrogens is 967 g/mol. The summed E-state index contributed by atoms with van der Waals surface area (Å²) in [5.74, 6) is -0.711. The van der Waals surface area contributed by atoms with Gasteiger partial charge in [-0.2, -0.15) is 0 Å². The maximum atomic E-state index is 13.2. The van der Waals surface area contributed by atoms with Gasteiger partial charge in [0.05, 0.1) is 25.4 Å². The van der Waals surface area contributed by atoms with Gasteiger partial charge in [-0.25, -0.2) is 0 Å². The number of carbonyl (C=O) groups excluding carboxylic acids is 1. The molecule has 1 aliphatic rings. The molecule has 1 saturated heterocycles. The average Bonchev–Trinajstić information content (AvgIpc) is 3.43. The molecule has 0 aromatic rings. The maximum absolute atomic E-state index is 13.2. The van der Waals surface area contributed by atoms with Gasteiger partial charge in [-0.1, -0.05) is 248 Å². The van der Waals surface area contributed by atoms with Crippen LogP contribution in [0.1, 0.15) is 284 Å². The van der Waals surface area contributed by atoms with Crippen molar-refractivity contribution in [3.63, 3.8) is 0 Å². The van der Waals surface area contributed by atoms with Crippen molar-refractivity contribution >= 4 is 5.91 Å². The molecule has 77 heavy (non-hydrogen) atoms. The number of aliphatic hydroxyl groups excluding tert-OH is 7. The fourth-order valence-electron chi connectivity index (χ4n) is 10.0. The van der Waals surface area contributed by atoms with E-state index in [2.05, 4.69) is 79.9 Å². The zero-order valence-corrected chi connectivity index (χ0v) is 49.4. The minimum absolute atomic E-state index is 0.240. The van der Waals surface area contributed by atoms with Crippen LogP contribution in [0.15, 0.2) is 60.8 Å². The van der Waals surface area contributed by atoms with Gasteiger partial charge in [0.25, 0.3) is 0 Å².